The van der Waals surface area contributed by atoms with Crippen molar-refractivity contribution in [3.8, 4) is 16.9 Å². The Morgan fingerprint density at radius 2 is 1.79 bits per heavy atom. The summed E-state index contributed by atoms with van der Waals surface area (Å²) >= 11 is 0. The van der Waals surface area contributed by atoms with Gasteiger partial charge in [0.2, 0.25) is 5.56 Å². The number of hydrogen-bond acceptors (Lipinski definition) is 2. The molecule has 1 heterocycles. The van der Waals surface area contributed by atoms with Crippen LogP contribution < -0.4 is 10.3 Å². The molecule has 0 aliphatic rings. The first-order valence-corrected chi connectivity index (χ1v) is 5.96. The molecular formula is C16H12NO2. The molecule has 0 spiro atoms. The zero-order valence-electron chi connectivity index (χ0n) is 10.4. The van der Waals surface area contributed by atoms with Crippen molar-refractivity contribution in [3.05, 3.63) is 65.0 Å². The van der Waals surface area contributed by atoms with Gasteiger partial charge >= 0.3 is 0 Å². The maximum absolute atomic E-state index is 11.6. The van der Waals surface area contributed by atoms with Gasteiger partial charge in [-0.15, -0.1) is 0 Å². The molecule has 0 fully saturated rings. The predicted octanol–water partition coefficient (Wildman–Crippen LogP) is 3.00. The second-order valence-electron chi connectivity index (χ2n) is 4.22. The molecule has 0 aliphatic heterocycles. The maximum Gasteiger partial charge on any atom is 0.248 e. The number of H-pyrrole nitrogens is 1. The molecule has 1 N–H and O–H groups in total. The second-order valence-corrected chi connectivity index (χ2v) is 4.22. The number of benzene rings is 2. The number of aromatic nitrogens is 1. The van der Waals surface area contributed by atoms with Gasteiger partial charge in [0, 0.05) is 11.6 Å². The van der Waals surface area contributed by atoms with E-state index in [0.29, 0.717) is 0 Å². The molecule has 0 saturated carbocycles. The van der Waals surface area contributed by atoms with E-state index in [0.717, 1.165) is 27.8 Å². The first-order valence-electron chi connectivity index (χ1n) is 5.96. The van der Waals surface area contributed by atoms with Crippen LogP contribution in [0, 0.1) is 6.07 Å². The van der Waals surface area contributed by atoms with Crippen LogP contribution in [0.25, 0.3) is 22.0 Å². The lowest BCUT2D eigenvalue weighted by Gasteiger charge is -2.11. The molecule has 0 aliphatic carbocycles. The molecule has 0 atom stereocenters. The molecule has 3 nitrogen and oxygen atoms in total. The summed E-state index contributed by atoms with van der Waals surface area (Å²) in [6.07, 6.45) is 0. The third-order valence-corrected chi connectivity index (χ3v) is 3.09. The number of aromatic amines is 1. The Kier molecular flexibility index (Phi) is 2.80. The number of nitrogens with one attached hydrogen (secondary N) is 1. The zero-order valence-corrected chi connectivity index (χ0v) is 10.4. The van der Waals surface area contributed by atoms with Gasteiger partial charge in [-0.2, -0.15) is 0 Å². The van der Waals surface area contributed by atoms with Crippen LogP contribution in [0.3, 0.4) is 0 Å². The molecule has 3 rings (SSSR count). The van der Waals surface area contributed by atoms with Crippen molar-refractivity contribution in [2.75, 3.05) is 7.11 Å². The number of hydrogen-bond donors (Lipinski definition) is 1. The van der Waals surface area contributed by atoms with E-state index in [2.05, 4.69) is 11.1 Å². The third kappa shape index (κ3) is 1.99. The fourth-order valence-electron chi connectivity index (χ4n) is 2.21. The number of methoxy groups -OCH3 is 1. The summed E-state index contributed by atoms with van der Waals surface area (Å²) < 4.78 is 5.42. The van der Waals surface area contributed by atoms with Gasteiger partial charge in [0.05, 0.1) is 12.6 Å². The van der Waals surface area contributed by atoms with E-state index in [1.54, 1.807) is 7.11 Å². The topological polar surface area (TPSA) is 42.1 Å². The smallest absolute Gasteiger partial charge is 0.248 e. The SMILES string of the molecule is COc1ccc2ccc(=O)[nH]c2c1-c1cc[c]cc1. The van der Waals surface area contributed by atoms with Crippen molar-refractivity contribution in [1.29, 1.82) is 0 Å². The van der Waals surface area contributed by atoms with E-state index >= 15 is 0 Å². The molecule has 93 valence electrons. The lowest BCUT2D eigenvalue weighted by Crippen LogP contribution is -2.04. The Morgan fingerprint density at radius 1 is 1.05 bits per heavy atom. The minimum absolute atomic E-state index is 0.121. The zero-order chi connectivity index (χ0) is 13.2. The standard InChI is InChI=1S/C16H12NO2/c1-19-13-9-7-12-8-10-14(18)17-16(12)15(13)11-5-3-2-4-6-11/h3-10H,1H3,(H,17,18). The molecule has 1 radical (unpaired) electrons. The Morgan fingerprint density at radius 3 is 2.53 bits per heavy atom. The highest BCUT2D eigenvalue weighted by atomic mass is 16.5. The van der Waals surface area contributed by atoms with Gasteiger partial charge in [0.1, 0.15) is 5.75 Å². The first kappa shape index (κ1) is 11.5. The average molecular weight is 250 g/mol. The number of fused-ring (bicyclic) bond motifs is 1. The van der Waals surface area contributed by atoms with Crippen LogP contribution in [0.5, 0.6) is 5.75 Å². The molecule has 3 aromatic rings. The van der Waals surface area contributed by atoms with Crippen molar-refractivity contribution in [1.82, 2.24) is 4.98 Å². The summed E-state index contributed by atoms with van der Waals surface area (Å²) in [5, 5.41) is 0.975. The van der Waals surface area contributed by atoms with Gasteiger partial charge in [-0.3, -0.25) is 4.79 Å². The van der Waals surface area contributed by atoms with Crippen molar-refractivity contribution in [2.45, 2.75) is 0 Å². The highest BCUT2D eigenvalue weighted by molar-refractivity contribution is 5.96. The van der Waals surface area contributed by atoms with Gasteiger partial charge < -0.3 is 9.72 Å². The van der Waals surface area contributed by atoms with Crippen molar-refractivity contribution in [3.63, 3.8) is 0 Å². The first-order chi connectivity index (χ1) is 9.29. The molecule has 0 unspecified atom stereocenters. The van der Waals surface area contributed by atoms with Crippen LogP contribution in [0.1, 0.15) is 0 Å². The monoisotopic (exact) mass is 250 g/mol. The van der Waals surface area contributed by atoms with Gasteiger partial charge in [-0.1, -0.05) is 24.3 Å². The minimum Gasteiger partial charge on any atom is -0.496 e. The van der Waals surface area contributed by atoms with Crippen molar-refractivity contribution >= 4 is 10.9 Å². The molecule has 2 aromatic carbocycles. The molecule has 0 saturated heterocycles. The Bertz CT molecular complexity index is 776. The van der Waals surface area contributed by atoms with Crippen LogP contribution >= 0.6 is 0 Å². The Balaban J connectivity index is 2.43. The summed E-state index contributed by atoms with van der Waals surface area (Å²) in [6, 6.07) is 17.7. The number of rotatable bonds is 2. The Hall–Kier alpha value is -2.55. The van der Waals surface area contributed by atoms with E-state index in [1.165, 1.54) is 6.07 Å². The maximum atomic E-state index is 11.6. The lowest BCUT2D eigenvalue weighted by molar-refractivity contribution is 0.417. The Labute approximate surface area is 110 Å². The fraction of sp³-hybridized carbons (Fsp3) is 0.0625. The summed E-state index contributed by atoms with van der Waals surface area (Å²) in [7, 11) is 1.63. The number of ether oxygens (including phenoxy) is 1. The van der Waals surface area contributed by atoms with E-state index in [4.69, 9.17) is 4.74 Å². The normalized spacial score (nSPS) is 10.6. The van der Waals surface area contributed by atoms with E-state index in [-0.39, 0.29) is 5.56 Å². The summed E-state index contributed by atoms with van der Waals surface area (Å²) in [4.78, 5) is 14.4. The van der Waals surface area contributed by atoms with Crippen LogP contribution in [-0.2, 0) is 0 Å². The third-order valence-electron chi connectivity index (χ3n) is 3.09. The van der Waals surface area contributed by atoms with Crippen molar-refractivity contribution in [2.24, 2.45) is 0 Å². The second kappa shape index (κ2) is 4.61. The minimum atomic E-state index is -0.121. The summed E-state index contributed by atoms with van der Waals surface area (Å²) in [5.74, 6) is 0.737. The predicted molar refractivity (Wildman–Crippen MR) is 75.4 cm³/mol. The highest BCUT2D eigenvalue weighted by Gasteiger charge is 2.11. The van der Waals surface area contributed by atoms with E-state index < -0.39 is 0 Å². The average Bonchev–Trinajstić information content (AvgIpc) is 2.46. The summed E-state index contributed by atoms with van der Waals surface area (Å²) in [6.45, 7) is 0. The largest absolute Gasteiger partial charge is 0.496 e. The van der Waals surface area contributed by atoms with Crippen molar-refractivity contribution < 1.29 is 4.74 Å². The lowest BCUT2D eigenvalue weighted by atomic mass is 10.0. The molecule has 3 heteroatoms. The van der Waals surface area contributed by atoms with Crippen LogP contribution in [0.15, 0.2) is 53.3 Å². The molecular weight excluding hydrogens is 238 g/mol. The van der Waals surface area contributed by atoms with E-state index in [9.17, 15) is 4.79 Å². The van der Waals surface area contributed by atoms with Gasteiger partial charge in [0.25, 0.3) is 0 Å². The van der Waals surface area contributed by atoms with Gasteiger partial charge in [-0.05, 0) is 35.2 Å². The van der Waals surface area contributed by atoms with Crippen LogP contribution in [-0.4, -0.2) is 12.1 Å². The van der Waals surface area contributed by atoms with E-state index in [1.807, 2.05) is 42.5 Å². The van der Waals surface area contributed by atoms with Crippen LogP contribution in [0.2, 0.25) is 0 Å². The van der Waals surface area contributed by atoms with Gasteiger partial charge in [-0.25, -0.2) is 0 Å². The highest BCUT2D eigenvalue weighted by Crippen LogP contribution is 2.35. The fourth-order valence-corrected chi connectivity index (χ4v) is 2.21. The van der Waals surface area contributed by atoms with Gasteiger partial charge in [0.15, 0.2) is 0 Å². The number of pyridine rings is 1. The molecule has 1 aromatic heterocycles. The molecule has 19 heavy (non-hydrogen) atoms. The molecule has 0 amide bonds. The van der Waals surface area contributed by atoms with Crippen LogP contribution in [0.4, 0.5) is 0 Å². The summed E-state index contributed by atoms with van der Waals surface area (Å²) in [5.41, 5.74) is 2.55. The molecule has 0 bridgehead atoms. The quantitative estimate of drug-likeness (QED) is 0.759.